The average molecular weight is 443 g/mol. The lowest BCUT2D eigenvalue weighted by atomic mass is 9.75. The topological polar surface area (TPSA) is 75.8 Å². The van der Waals surface area contributed by atoms with Crippen molar-refractivity contribution in [3.8, 4) is 11.6 Å². The van der Waals surface area contributed by atoms with Crippen LogP contribution in [0.2, 0.25) is 0 Å². The highest BCUT2D eigenvalue weighted by Gasteiger charge is 2.59. The summed E-state index contributed by atoms with van der Waals surface area (Å²) < 4.78 is 5.73. The first-order valence-electron chi connectivity index (χ1n) is 10.1. The van der Waals surface area contributed by atoms with Gasteiger partial charge in [-0.15, -0.1) is 4.98 Å². The van der Waals surface area contributed by atoms with Gasteiger partial charge >= 0.3 is 0 Å². The standard InChI is InChI=1S/C23H18N6O2S/c1-15-12-17(13-27-20(15)24-2)28-21(30)23(8-3-9-23)29(22(28)32)16-4-6-18(7-5-16)31-19-14-25-10-11-26-19/h4-7,10-14H,3,8-9H2,1H3. The number of amides is 1. The Balaban J connectivity index is 1.47. The van der Waals surface area contributed by atoms with Crippen LogP contribution in [0, 0.1) is 13.5 Å². The molecule has 2 fully saturated rings. The van der Waals surface area contributed by atoms with Gasteiger partial charge in [-0.25, -0.2) is 4.98 Å². The predicted molar refractivity (Wildman–Crippen MR) is 123 cm³/mol. The Morgan fingerprint density at radius 3 is 2.50 bits per heavy atom. The maximum atomic E-state index is 13.5. The van der Waals surface area contributed by atoms with Gasteiger partial charge < -0.3 is 14.5 Å². The quantitative estimate of drug-likeness (QED) is 0.432. The van der Waals surface area contributed by atoms with Crippen molar-refractivity contribution in [2.75, 3.05) is 9.80 Å². The van der Waals surface area contributed by atoms with Crippen LogP contribution in [-0.2, 0) is 4.79 Å². The van der Waals surface area contributed by atoms with Crippen LogP contribution in [0.3, 0.4) is 0 Å². The smallest absolute Gasteiger partial charge is 0.272 e. The molecule has 1 saturated heterocycles. The molecular formula is C23H18N6O2S. The summed E-state index contributed by atoms with van der Waals surface area (Å²) in [6.07, 6.45) is 8.64. The summed E-state index contributed by atoms with van der Waals surface area (Å²) in [6.45, 7) is 9.01. The average Bonchev–Trinajstić information content (AvgIpc) is 3.02. The Hall–Kier alpha value is -3.90. The molecule has 0 bridgehead atoms. The van der Waals surface area contributed by atoms with E-state index < -0.39 is 5.54 Å². The number of carbonyl (C=O) groups excluding carboxylic acids is 1. The van der Waals surface area contributed by atoms with Crippen molar-refractivity contribution < 1.29 is 9.53 Å². The Morgan fingerprint density at radius 2 is 1.91 bits per heavy atom. The fourth-order valence-electron chi connectivity index (χ4n) is 4.12. The zero-order chi connectivity index (χ0) is 22.3. The molecule has 3 heterocycles. The van der Waals surface area contributed by atoms with Crippen molar-refractivity contribution in [2.45, 2.75) is 31.7 Å². The first kappa shape index (κ1) is 20.0. The van der Waals surface area contributed by atoms with Crippen LogP contribution in [0.1, 0.15) is 24.8 Å². The van der Waals surface area contributed by atoms with Crippen LogP contribution in [0.4, 0.5) is 17.2 Å². The Kier molecular flexibility index (Phi) is 4.79. The lowest BCUT2D eigenvalue weighted by molar-refractivity contribution is -0.123. The first-order chi connectivity index (χ1) is 15.5. The number of hydrogen-bond donors (Lipinski definition) is 0. The molecule has 2 aromatic heterocycles. The van der Waals surface area contributed by atoms with E-state index >= 15 is 0 Å². The molecule has 1 amide bonds. The van der Waals surface area contributed by atoms with Crippen LogP contribution in [0.5, 0.6) is 11.6 Å². The van der Waals surface area contributed by atoms with E-state index in [1.807, 2.05) is 29.2 Å². The van der Waals surface area contributed by atoms with Crippen molar-refractivity contribution in [3.63, 3.8) is 0 Å². The third kappa shape index (κ3) is 3.08. The number of pyridine rings is 1. The fourth-order valence-corrected chi connectivity index (χ4v) is 4.59. The summed E-state index contributed by atoms with van der Waals surface area (Å²) in [5.74, 6) is 1.28. The number of anilines is 2. The van der Waals surface area contributed by atoms with Crippen molar-refractivity contribution in [2.24, 2.45) is 0 Å². The molecule has 0 N–H and O–H groups in total. The van der Waals surface area contributed by atoms with Gasteiger partial charge in [0, 0.05) is 18.1 Å². The number of ether oxygens (including phenoxy) is 1. The van der Waals surface area contributed by atoms with E-state index in [0.29, 0.717) is 33.8 Å². The molecule has 1 aliphatic heterocycles. The molecule has 0 radical (unpaired) electrons. The molecule has 2 aliphatic rings. The zero-order valence-corrected chi connectivity index (χ0v) is 18.0. The number of nitrogens with zero attached hydrogens (tertiary/aromatic N) is 6. The largest absolute Gasteiger partial charge is 0.438 e. The minimum atomic E-state index is -0.684. The van der Waals surface area contributed by atoms with E-state index in [0.717, 1.165) is 24.9 Å². The van der Waals surface area contributed by atoms with Gasteiger partial charge in [-0.2, -0.15) is 0 Å². The second kappa shape index (κ2) is 7.66. The molecule has 158 valence electrons. The van der Waals surface area contributed by atoms with Crippen LogP contribution in [0.25, 0.3) is 4.85 Å². The highest BCUT2D eigenvalue weighted by molar-refractivity contribution is 7.81. The van der Waals surface area contributed by atoms with Crippen molar-refractivity contribution >= 4 is 40.4 Å². The fraction of sp³-hybridized carbons (Fsp3) is 0.217. The normalized spacial score (nSPS) is 16.8. The number of thiocarbonyl (C=S) groups is 1. The molecule has 1 aromatic carbocycles. The third-order valence-electron chi connectivity index (χ3n) is 5.85. The SMILES string of the molecule is [C-]#[N+]c1ncc(N2C(=O)C3(CCC3)N(c3ccc(Oc4cnccn4)cc3)C2=S)cc1C. The highest BCUT2D eigenvalue weighted by Crippen LogP contribution is 2.48. The zero-order valence-electron chi connectivity index (χ0n) is 17.2. The van der Waals surface area contributed by atoms with Gasteiger partial charge in [0.2, 0.25) is 5.88 Å². The molecule has 3 aromatic rings. The summed E-state index contributed by atoms with van der Waals surface area (Å²) in [7, 11) is 0. The minimum absolute atomic E-state index is 0.0506. The summed E-state index contributed by atoms with van der Waals surface area (Å²) in [6, 6.07) is 9.21. The molecular weight excluding hydrogens is 424 g/mol. The molecule has 8 nitrogen and oxygen atoms in total. The van der Waals surface area contributed by atoms with E-state index in [1.54, 1.807) is 36.5 Å². The van der Waals surface area contributed by atoms with Crippen LogP contribution < -0.4 is 14.5 Å². The van der Waals surface area contributed by atoms with E-state index in [1.165, 1.54) is 6.20 Å². The van der Waals surface area contributed by atoms with Gasteiger partial charge in [0.25, 0.3) is 11.7 Å². The Morgan fingerprint density at radius 1 is 1.12 bits per heavy atom. The summed E-state index contributed by atoms with van der Waals surface area (Å²) >= 11 is 5.79. The molecule has 0 unspecified atom stereocenters. The number of carbonyl (C=O) groups is 1. The van der Waals surface area contributed by atoms with Gasteiger partial charge in [0.15, 0.2) is 5.11 Å². The first-order valence-corrected chi connectivity index (χ1v) is 10.5. The van der Waals surface area contributed by atoms with Crippen molar-refractivity contribution in [3.05, 3.63) is 72.1 Å². The predicted octanol–water partition coefficient (Wildman–Crippen LogP) is 4.58. The molecule has 0 atom stereocenters. The molecule has 1 saturated carbocycles. The highest BCUT2D eigenvalue weighted by atomic mass is 32.1. The van der Waals surface area contributed by atoms with Gasteiger partial charge in [-0.3, -0.25) is 14.7 Å². The molecule has 5 rings (SSSR count). The summed E-state index contributed by atoms with van der Waals surface area (Å²) in [5.41, 5.74) is 1.43. The number of benzene rings is 1. The molecule has 32 heavy (non-hydrogen) atoms. The molecule has 1 spiro atoms. The van der Waals surface area contributed by atoms with Gasteiger partial charge in [-0.1, -0.05) is 6.57 Å². The van der Waals surface area contributed by atoms with E-state index in [9.17, 15) is 4.79 Å². The Bertz CT molecular complexity index is 1250. The van der Waals surface area contributed by atoms with Crippen LogP contribution >= 0.6 is 12.2 Å². The summed E-state index contributed by atoms with van der Waals surface area (Å²) in [5, 5.41) is 0.411. The molecule has 9 heteroatoms. The monoisotopic (exact) mass is 442 g/mol. The van der Waals surface area contributed by atoms with Gasteiger partial charge in [0.1, 0.15) is 17.5 Å². The second-order valence-corrected chi connectivity index (χ2v) is 8.09. The lowest BCUT2D eigenvalue weighted by Gasteiger charge is -2.43. The Labute approximate surface area is 190 Å². The number of aromatic nitrogens is 3. The maximum Gasteiger partial charge on any atom is 0.272 e. The minimum Gasteiger partial charge on any atom is -0.438 e. The number of hydrogen-bond acceptors (Lipinski definition) is 6. The van der Waals surface area contributed by atoms with E-state index in [2.05, 4.69) is 19.8 Å². The summed E-state index contributed by atoms with van der Waals surface area (Å²) in [4.78, 5) is 32.7. The second-order valence-electron chi connectivity index (χ2n) is 7.73. The van der Waals surface area contributed by atoms with Crippen LogP contribution in [-0.4, -0.2) is 31.5 Å². The van der Waals surface area contributed by atoms with Crippen molar-refractivity contribution in [1.29, 1.82) is 0 Å². The number of rotatable bonds is 4. The van der Waals surface area contributed by atoms with E-state index in [4.69, 9.17) is 23.5 Å². The number of aryl methyl sites for hydroxylation is 1. The van der Waals surface area contributed by atoms with Crippen molar-refractivity contribution in [1.82, 2.24) is 15.0 Å². The van der Waals surface area contributed by atoms with E-state index in [-0.39, 0.29) is 5.91 Å². The molecule has 1 aliphatic carbocycles. The van der Waals surface area contributed by atoms with Gasteiger partial charge in [-0.05, 0) is 74.3 Å². The lowest BCUT2D eigenvalue weighted by Crippen LogP contribution is -2.55. The van der Waals surface area contributed by atoms with Crippen LogP contribution in [0.15, 0.2) is 55.1 Å². The van der Waals surface area contributed by atoms with Gasteiger partial charge in [0.05, 0.1) is 11.9 Å². The third-order valence-corrected chi connectivity index (χ3v) is 6.21. The maximum absolute atomic E-state index is 13.5.